The summed E-state index contributed by atoms with van der Waals surface area (Å²) in [5.41, 5.74) is 6.40. The second-order valence-electron chi connectivity index (χ2n) is 5.95. The van der Waals surface area contributed by atoms with E-state index in [9.17, 15) is 0 Å². The third-order valence-electron chi connectivity index (χ3n) is 4.65. The lowest BCUT2D eigenvalue weighted by Gasteiger charge is -2.25. The van der Waals surface area contributed by atoms with Crippen molar-refractivity contribution in [3.63, 3.8) is 0 Å². The number of nitrogens with two attached hydrogens (primary N) is 1. The molecule has 0 heterocycles. The van der Waals surface area contributed by atoms with E-state index in [-0.39, 0.29) is 0 Å². The van der Waals surface area contributed by atoms with Crippen molar-refractivity contribution in [2.75, 3.05) is 0 Å². The van der Waals surface area contributed by atoms with Crippen molar-refractivity contribution in [2.45, 2.75) is 51.0 Å². The molecule has 15 heavy (non-hydrogen) atoms. The monoisotopic (exact) mass is 205 g/mol. The van der Waals surface area contributed by atoms with Gasteiger partial charge in [0.1, 0.15) is 0 Å². The molecule has 1 nitrogen and oxygen atoms in total. The van der Waals surface area contributed by atoms with Crippen LogP contribution in [-0.2, 0) is 0 Å². The van der Waals surface area contributed by atoms with Gasteiger partial charge in [-0.05, 0) is 55.8 Å². The zero-order chi connectivity index (χ0) is 10.3. The molecule has 0 radical (unpaired) electrons. The van der Waals surface area contributed by atoms with Crippen molar-refractivity contribution in [2.24, 2.45) is 29.4 Å². The quantitative estimate of drug-likeness (QED) is 0.704. The molecular weight excluding hydrogens is 182 g/mol. The van der Waals surface area contributed by atoms with Crippen molar-refractivity contribution in [3.8, 4) is 0 Å². The van der Waals surface area contributed by atoms with Crippen LogP contribution in [0.25, 0.3) is 0 Å². The first kappa shape index (κ1) is 9.89. The Morgan fingerprint density at radius 2 is 2.07 bits per heavy atom. The highest BCUT2D eigenvalue weighted by atomic mass is 14.7. The molecule has 0 aliphatic heterocycles. The van der Waals surface area contributed by atoms with Gasteiger partial charge in [0.15, 0.2) is 0 Å². The van der Waals surface area contributed by atoms with E-state index in [0.717, 1.165) is 23.7 Å². The van der Waals surface area contributed by atoms with Gasteiger partial charge in [0.05, 0.1) is 0 Å². The van der Waals surface area contributed by atoms with E-state index in [2.05, 4.69) is 12.2 Å². The van der Waals surface area contributed by atoms with Gasteiger partial charge in [-0.3, -0.25) is 0 Å². The van der Waals surface area contributed by atoms with Crippen LogP contribution >= 0.6 is 0 Å². The fourth-order valence-corrected chi connectivity index (χ4v) is 3.40. The van der Waals surface area contributed by atoms with Crippen LogP contribution in [0.2, 0.25) is 0 Å². The molecule has 2 N–H and O–H groups in total. The summed E-state index contributed by atoms with van der Waals surface area (Å²) in [6.45, 7) is 0. The number of rotatable bonds is 3. The first-order valence-corrected chi connectivity index (χ1v) is 6.75. The van der Waals surface area contributed by atoms with Gasteiger partial charge in [-0.25, -0.2) is 0 Å². The molecule has 0 saturated heterocycles. The zero-order valence-electron chi connectivity index (χ0n) is 9.57. The van der Waals surface area contributed by atoms with Crippen LogP contribution in [0.3, 0.4) is 0 Å². The average molecular weight is 205 g/mol. The maximum atomic E-state index is 6.40. The number of hydrogen-bond donors (Lipinski definition) is 1. The predicted octanol–water partition coefficient (Wildman–Crippen LogP) is 3.11. The molecule has 3 aliphatic rings. The normalized spacial score (nSPS) is 43.7. The highest BCUT2D eigenvalue weighted by molar-refractivity contribution is 5.02. The second kappa shape index (κ2) is 3.93. The Hall–Kier alpha value is -0.300. The van der Waals surface area contributed by atoms with Crippen LogP contribution in [0, 0.1) is 23.7 Å². The first-order valence-electron chi connectivity index (χ1n) is 6.75. The summed E-state index contributed by atoms with van der Waals surface area (Å²) in [5.74, 6) is 3.83. The predicted molar refractivity (Wildman–Crippen MR) is 63.4 cm³/mol. The summed E-state index contributed by atoms with van der Waals surface area (Å²) < 4.78 is 0. The standard InChI is InChI=1S/C14H23N/c15-14(8-10-6-7-10)12-5-3-1-2-4-11-9-13(11)12/h1-2,10-14H,3-9,15H2/b2-1-. The number of hydrogen-bond acceptors (Lipinski definition) is 1. The highest BCUT2D eigenvalue weighted by Crippen LogP contribution is 2.51. The summed E-state index contributed by atoms with van der Waals surface area (Å²) in [6.07, 6.45) is 14.4. The highest BCUT2D eigenvalue weighted by Gasteiger charge is 2.44. The van der Waals surface area contributed by atoms with Gasteiger partial charge in [-0.15, -0.1) is 0 Å². The lowest BCUT2D eigenvalue weighted by molar-refractivity contribution is 0.311. The van der Waals surface area contributed by atoms with Gasteiger partial charge in [0, 0.05) is 6.04 Å². The Morgan fingerprint density at radius 3 is 2.87 bits per heavy atom. The van der Waals surface area contributed by atoms with Gasteiger partial charge in [-0.1, -0.05) is 25.0 Å². The summed E-state index contributed by atoms with van der Waals surface area (Å²) in [7, 11) is 0. The Labute approximate surface area is 93.1 Å². The van der Waals surface area contributed by atoms with Crippen LogP contribution in [0.4, 0.5) is 0 Å². The topological polar surface area (TPSA) is 26.0 Å². The molecule has 0 bridgehead atoms. The molecule has 4 atom stereocenters. The molecule has 1 heteroatoms. The van der Waals surface area contributed by atoms with Gasteiger partial charge in [-0.2, -0.15) is 0 Å². The molecule has 4 unspecified atom stereocenters. The Bertz CT molecular complexity index is 254. The maximum Gasteiger partial charge on any atom is 0.00726 e. The van der Waals surface area contributed by atoms with Crippen molar-refractivity contribution in [3.05, 3.63) is 12.2 Å². The van der Waals surface area contributed by atoms with Crippen LogP contribution in [0.15, 0.2) is 12.2 Å². The first-order chi connectivity index (χ1) is 7.34. The third kappa shape index (κ3) is 2.28. The number of allylic oxidation sites excluding steroid dienone is 2. The van der Waals surface area contributed by atoms with E-state index in [1.807, 2.05) is 0 Å². The average Bonchev–Trinajstić information content (AvgIpc) is 3.03. The Morgan fingerprint density at radius 1 is 1.20 bits per heavy atom. The summed E-state index contributed by atoms with van der Waals surface area (Å²) in [5, 5.41) is 0. The van der Waals surface area contributed by atoms with Crippen LogP contribution in [0.5, 0.6) is 0 Å². The van der Waals surface area contributed by atoms with Crippen LogP contribution in [-0.4, -0.2) is 6.04 Å². The van der Waals surface area contributed by atoms with Crippen molar-refractivity contribution >= 4 is 0 Å². The number of fused-ring (bicyclic) bond motifs is 1. The van der Waals surface area contributed by atoms with E-state index in [1.165, 1.54) is 44.9 Å². The summed E-state index contributed by atoms with van der Waals surface area (Å²) >= 11 is 0. The van der Waals surface area contributed by atoms with Crippen LogP contribution < -0.4 is 5.73 Å². The second-order valence-corrected chi connectivity index (χ2v) is 5.95. The molecular formula is C14H23N. The van der Waals surface area contributed by atoms with E-state index in [0.29, 0.717) is 6.04 Å². The largest absolute Gasteiger partial charge is 0.327 e. The SMILES string of the molecule is NC(CC1CC1)C1CC/C=C\CC2CC21. The molecule has 2 saturated carbocycles. The van der Waals surface area contributed by atoms with Gasteiger partial charge < -0.3 is 5.73 Å². The fraction of sp³-hybridized carbons (Fsp3) is 0.857. The summed E-state index contributed by atoms with van der Waals surface area (Å²) in [4.78, 5) is 0. The molecule has 0 spiro atoms. The van der Waals surface area contributed by atoms with Crippen molar-refractivity contribution < 1.29 is 0 Å². The Kier molecular flexibility index (Phi) is 2.59. The maximum absolute atomic E-state index is 6.40. The third-order valence-corrected chi connectivity index (χ3v) is 4.65. The fourth-order valence-electron chi connectivity index (χ4n) is 3.40. The van der Waals surface area contributed by atoms with E-state index >= 15 is 0 Å². The van der Waals surface area contributed by atoms with E-state index in [4.69, 9.17) is 5.73 Å². The minimum absolute atomic E-state index is 0.513. The van der Waals surface area contributed by atoms with Gasteiger partial charge >= 0.3 is 0 Å². The zero-order valence-corrected chi connectivity index (χ0v) is 9.57. The minimum Gasteiger partial charge on any atom is -0.327 e. The summed E-state index contributed by atoms with van der Waals surface area (Å²) in [6, 6.07) is 0.513. The molecule has 0 amide bonds. The molecule has 2 fully saturated rings. The molecule has 0 aromatic rings. The lowest BCUT2D eigenvalue weighted by Crippen LogP contribution is -2.32. The molecule has 3 rings (SSSR count). The minimum atomic E-state index is 0.513. The molecule has 0 aromatic carbocycles. The van der Waals surface area contributed by atoms with Gasteiger partial charge in [0.2, 0.25) is 0 Å². The molecule has 0 aromatic heterocycles. The van der Waals surface area contributed by atoms with E-state index in [1.54, 1.807) is 0 Å². The van der Waals surface area contributed by atoms with Gasteiger partial charge in [0.25, 0.3) is 0 Å². The molecule has 3 aliphatic carbocycles. The molecule has 84 valence electrons. The smallest absolute Gasteiger partial charge is 0.00726 e. The van der Waals surface area contributed by atoms with Crippen LogP contribution in [0.1, 0.15) is 44.9 Å². The van der Waals surface area contributed by atoms with E-state index < -0.39 is 0 Å². The van der Waals surface area contributed by atoms with Crippen molar-refractivity contribution in [1.29, 1.82) is 0 Å². The lowest BCUT2D eigenvalue weighted by atomic mass is 9.85. The Balaban J connectivity index is 1.60. The van der Waals surface area contributed by atoms with Crippen molar-refractivity contribution in [1.82, 2.24) is 0 Å².